The lowest BCUT2D eigenvalue weighted by Gasteiger charge is -2.31. The first kappa shape index (κ1) is 19.3. The number of likely N-dealkylation sites (tertiary alicyclic amines) is 1. The molecule has 1 aliphatic rings. The van der Waals surface area contributed by atoms with Crippen LogP contribution < -0.4 is 5.69 Å². The van der Waals surface area contributed by atoms with Crippen LogP contribution in [0.25, 0.3) is 0 Å². The van der Waals surface area contributed by atoms with Gasteiger partial charge in [-0.15, -0.1) is 16.4 Å². The van der Waals surface area contributed by atoms with Crippen molar-refractivity contribution in [3.05, 3.63) is 38.2 Å². The third kappa shape index (κ3) is 3.68. The van der Waals surface area contributed by atoms with Gasteiger partial charge in [-0.1, -0.05) is 0 Å². The molecule has 0 spiro atoms. The second kappa shape index (κ2) is 6.95. The number of alkyl halides is 3. The van der Waals surface area contributed by atoms with E-state index < -0.39 is 23.7 Å². The largest absolute Gasteiger partial charge is 0.451 e. The molecule has 7 nitrogen and oxygen atoms in total. The summed E-state index contributed by atoms with van der Waals surface area (Å²) in [6.07, 6.45) is -4.06. The van der Waals surface area contributed by atoms with Crippen LogP contribution >= 0.6 is 11.3 Å². The second-order valence-electron chi connectivity index (χ2n) is 6.35. The quantitative estimate of drug-likeness (QED) is 0.739. The number of hydrogen-bond acceptors (Lipinski definition) is 5. The highest BCUT2D eigenvalue weighted by molar-refractivity contribution is 7.15. The number of rotatable bonds is 3. The summed E-state index contributed by atoms with van der Waals surface area (Å²) in [6.45, 7) is 2.01. The number of ketones is 1. The van der Waals surface area contributed by atoms with Crippen LogP contribution in [0, 0.1) is 0 Å². The first-order chi connectivity index (χ1) is 12.6. The Balaban J connectivity index is 1.71. The molecule has 11 heteroatoms. The number of carbonyl (C=O) groups excluding carboxylic acids is 2. The van der Waals surface area contributed by atoms with E-state index in [4.69, 9.17) is 0 Å². The Morgan fingerprint density at radius 3 is 2.26 bits per heavy atom. The number of thiophene rings is 1. The predicted octanol–water partition coefficient (Wildman–Crippen LogP) is 2.34. The van der Waals surface area contributed by atoms with Crippen LogP contribution in [0.2, 0.25) is 0 Å². The summed E-state index contributed by atoms with van der Waals surface area (Å²) < 4.78 is 40.1. The minimum atomic E-state index is -4.70. The van der Waals surface area contributed by atoms with Gasteiger partial charge in [-0.3, -0.25) is 14.2 Å². The topological polar surface area (TPSA) is 77.2 Å². The SMILES string of the molecule is CC(=O)c1ccc(C(=O)N2CCC(n3nc(C(F)(F)F)n(C)c3=O)CC2)s1. The summed E-state index contributed by atoms with van der Waals surface area (Å²) >= 11 is 1.11. The summed E-state index contributed by atoms with van der Waals surface area (Å²) in [6, 6.07) is 2.69. The summed E-state index contributed by atoms with van der Waals surface area (Å²) in [5.41, 5.74) is -0.823. The molecule has 0 bridgehead atoms. The lowest BCUT2D eigenvalue weighted by atomic mass is 10.1. The normalized spacial score (nSPS) is 16.0. The molecule has 3 heterocycles. The fourth-order valence-corrected chi connectivity index (χ4v) is 3.92. The molecule has 2 aromatic heterocycles. The van der Waals surface area contributed by atoms with Crippen LogP contribution in [-0.2, 0) is 13.2 Å². The minimum Gasteiger partial charge on any atom is -0.338 e. The molecule has 0 unspecified atom stereocenters. The van der Waals surface area contributed by atoms with Crippen molar-refractivity contribution in [3.8, 4) is 0 Å². The van der Waals surface area contributed by atoms with E-state index in [0.717, 1.165) is 23.1 Å². The van der Waals surface area contributed by atoms with E-state index in [1.54, 1.807) is 17.0 Å². The molecular weight excluding hydrogens is 385 g/mol. The van der Waals surface area contributed by atoms with E-state index in [1.807, 2.05) is 0 Å². The van der Waals surface area contributed by atoms with Crippen LogP contribution in [0.15, 0.2) is 16.9 Å². The molecule has 0 atom stereocenters. The van der Waals surface area contributed by atoms with Crippen LogP contribution in [-0.4, -0.2) is 44.0 Å². The lowest BCUT2D eigenvalue weighted by Crippen LogP contribution is -2.41. The van der Waals surface area contributed by atoms with E-state index in [0.29, 0.717) is 40.3 Å². The van der Waals surface area contributed by atoms with Gasteiger partial charge in [0.15, 0.2) is 5.78 Å². The predicted molar refractivity (Wildman–Crippen MR) is 91.0 cm³/mol. The Morgan fingerprint density at radius 1 is 1.19 bits per heavy atom. The number of piperidine rings is 1. The molecule has 0 saturated carbocycles. The number of nitrogens with zero attached hydrogens (tertiary/aromatic N) is 4. The molecule has 0 aliphatic carbocycles. The monoisotopic (exact) mass is 402 g/mol. The van der Waals surface area contributed by atoms with Gasteiger partial charge >= 0.3 is 11.9 Å². The van der Waals surface area contributed by atoms with Gasteiger partial charge in [0.25, 0.3) is 5.91 Å². The first-order valence-corrected chi connectivity index (χ1v) is 9.04. The summed E-state index contributed by atoms with van der Waals surface area (Å²) in [7, 11) is 1.04. The van der Waals surface area contributed by atoms with Gasteiger partial charge in [0.2, 0.25) is 5.82 Å². The molecule has 1 fully saturated rings. The average Bonchev–Trinajstić information content (AvgIpc) is 3.21. The molecule has 3 rings (SSSR count). The fourth-order valence-electron chi connectivity index (χ4n) is 3.05. The van der Waals surface area contributed by atoms with Gasteiger partial charge < -0.3 is 4.90 Å². The molecule has 146 valence electrons. The van der Waals surface area contributed by atoms with Crippen molar-refractivity contribution in [2.45, 2.75) is 32.0 Å². The lowest BCUT2D eigenvalue weighted by molar-refractivity contribution is -0.147. The Labute approximate surface area is 156 Å². The number of halogens is 3. The second-order valence-corrected chi connectivity index (χ2v) is 7.43. The highest BCUT2D eigenvalue weighted by Gasteiger charge is 2.39. The third-order valence-corrected chi connectivity index (χ3v) is 5.69. The zero-order valence-electron chi connectivity index (χ0n) is 14.6. The maximum Gasteiger partial charge on any atom is 0.451 e. The number of hydrogen-bond donors (Lipinski definition) is 0. The highest BCUT2D eigenvalue weighted by atomic mass is 32.1. The smallest absolute Gasteiger partial charge is 0.338 e. The molecule has 1 saturated heterocycles. The van der Waals surface area contributed by atoms with Crippen molar-refractivity contribution in [2.75, 3.05) is 13.1 Å². The van der Waals surface area contributed by atoms with Gasteiger partial charge in [0, 0.05) is 20.1 Å². The fraction of sp³-hybridized carbons (Fsp3) is 0.500. The number of Topliss-reactive ketones (excluding diaryl/α,β-unsaturated/α-hetero) is 1. The van der Waals surface area contributed by atoms with Crippen molar-refractivity contribution < 1.29 is 22.8 Å². The Bertz CT molecular complexity index is 936. The summed E-state index contributed by atoms with van der Waals surface area (Å²) in [5, 5.41) is 3.46. The Morgan fingerprint density at radius 2 is 1.78 bits per heavy atom. The number of amides is 1. The van der Waals surface area contributed by atoms with Crippen LogP contribution in [0.4, 0.5) is 13.2 Å². The van der Waals surface area contributed by atoms with Crippen molar-refractivity contribution >= 4 is 23.0 Å². The maximum absolute atomic E-state index is 12.9. The van der Waals surface area contributed by atoms with E-state index in [-0.39, 0.29) is 11.7 Å². The van der Waals surface area contributed by atoms with E-state index in [2.05, 4.69) is 5.10 Å². The number of aromatic nitrogens is 3. The van der Waals surface area contributed by atoms with Gasteiger partial charge in [-0.05, 0) is 31.9 Å². The zero-order valence-corrected chi connectivity index (χ0v) is 15.4. The third-order valence-electron chi connectivity index (χ3n) is 4.52. The zero-order chi connectivity index (χ0) is 19.9. The molecule has 0 N–H and O–H groups in total. The van der Waals surface area contributed by atoms with Gasteiger partial charge in [-0.2, -0.15) is 13.2 Å². The molecule has 0 radical (unpaired) electrons. The van der Waals surface area contributed by atoms with E-state index >= 15 is 0 Å². The van der Waals surface area contributed by atoms with Crippen molar-refractivity contribution in [2.24, 2.45) is 7.05 Å². The van der Waals surface area contributed by atoms with Gasteiger partial charge in [-0.25, -0.2) is 9.48 Å². The molecular formula is C16H17F3N4O3S. The van der Waals surface area contributed by atoms with Crippen molar-refractivity contribution in [1.29, 1.82) is 0 Å². The number of carbonyl (C=O) groups is 2. The Kier molecular flexibility index (Phi) is 4.98. The van der Waals surface area contributed by atoms with Crippen molar-refractivity contribution in [3.63, 3.8) is 0 Å². The average molecular weight is 402 g/mol. The Hall–Kier alpha value is -2.43. The minimum absolute atomic E-state index is 0.118. The molecule has 1 aliphatic heterocycles. The van der Waals surface area contributed by atoms with Gasteiger partial charge in [0.05, 0.1) is 15.8 Å². The van der Waals surface area contributed by atoms with E-state index in [9.17, 15) is 27.6 Å². The molecule has 27 heavy (non-hydrogen) atoms. The molecule has 0 aromatic carbocycles. The molecule has 1 amide bonds. The van der Waals surface area contributed by atoms with Crippen LogP contribution in [0.1, 0.15) is 51.0 Å². The summed E-state index contributed by atoms with van der Waals surface area (Å²) in [5.74, 6) is -1.58. The highest BCUT2D eigenvalue weighted by Crippen LogP contribution is 2.28. The van der Waals surface area contributed by atoms with Gasteiger partial charge in [0.1, 0.15) is 0 Å². The standard InChI is InChI=1S/C16H17F3N4O3S/c1-9(24)11-3-4-12(27-11)13(25)22-7-5-10(6-8-22)23-15(26)21(2)14(20-23)16(17,18)19/h3-4,10H,5-8H2,1-2H3. The van der Waals surface area contributed by atoms with E-state index in [1.165, 1.54) is 6.92 Å². The first-order valence-electron chi connectivity index (χ1n) is 8.22. The van der Waals surface area contributed by atoms with Crippen LogP contribution in [0.3, 0.4) is 0 Å². The maximum atomic E-state index is 12.9. The van der Waals surface area contributed by atoms with Crippen LogP contribution in [0.5, 0.6) is 0 Å². The molecule has 2 aromatic rings. The summed E-state index contributed by atoms with van der Waals surface area (Å²) in [4.78, 5) is 38.5. The van der Waals surface area contributed by atoms with Crippen molar-refractivity contribution in [1.82, 2.24) is 19.2 Å².